The number of benzene rings is 3. The van der Waals surface area contributed by atoms with Crippen LogP contribution in [0.15, 0.2) is 84.0 Å². The van der Waals surface area contributed by atoms with E-state index in [2.05, 4.69) is 16.0 Å². The quantitative estimate of drug-likeness (QED) is 0.108. The molecule has 0 aromatic heterocycles. The van der Waals surface area contributed by atoms with Crippen LogP contribution in [0.3, 0.4) is 0 Å². The highest BCUT2D eigenvalue weighted by molar-refractivity contribution is 7.85. The molecule has 0 aliphatic heterocycles. The Balaban J connectivity index is 1.87. The van der Waals surface area contributed by atoms with Crippen molar-refractivity contribution in [2.45, 2.75) is 6.92 Å². The van der Waals surface area contributed by atoms with Gasteiger partial charge in [-0.1, -0.05) is 60.3 Å². The molecule has 0 N–H and O–H groups in total. The maximum absolute atomic E-state index is 13.4. The zero-order valence-electron chi connectivity index (χ0n) is 18.7. The van der Waals surface area contributed by atoms with Crippen LogP contribution in [0.2, 0.25) is 0 Å². The molecule has 0 saturated carbocycles. The number of hydrogen-bond acceptors (Lipinski definition) is 8. The number of esters is 1. The molecule has 0 atom stereocenters. The molecule has 0 bridgehead atoms. The lowest BCUT2D eigenvalue weighted by Gasteiger charge is -2.11. The van der Waals surface area contributed by atoms with Crippen LogP contribution in [0.1, 0.15) is 22.8 Å². The summed E-state index contributed by atoms with van der Waals surface area (Å²) < 4.78 is 38.2. The van der Waals surface area contributed by atoms with Crippen LogP contribution in [-0.4, -0.2) is 45.4 Å². The highest BCUT2D eigenvalue weighted by Gasteiger charge is 2.20. The summed E-state index contributed by atoms with van der Waals surface area (Å²) in [7, 11) is -3.90. The summed E-state index contributed by atoms with van der Waals surface area (Å²) in [6.07, 6.45) is 0.850. The van der Waals surface area contributed by atoms with E-state index in [0.29, 0.717) is 27.8 Å². The van der Waals surface area contributed by atoms with Gasteiger partial charge in [0.2, 0.25) is 5.78 Å². The molecule has 176 valence electrons. The Bertz CT molecular complexity index is 1360. The molecule has 9 heteroatoms. The number of Topliss-reactive ketones (excluding diaryl/α,β-unsaturated/α-hetero) is 1. The van der Waals surface area contributed by atoms with Gasteiger partial charge in [0.1, 0.15) is 19.0 Å². The van der Waals surface area contributed by atoms with Gasteiger partial charge in [0, 0.05) is 16.7 Å². The number of carbonyl (C=O) groups is 2. The number of carbonyl (C=O) groups excluding carboxylic acids is 2. The van der Waals surface area contributed by atoms with Gasteiger partial charge >= 0.3 is 16.1 Å². The van der Waals surface area contributed by atoms with E-state index in [1.54, 1.807) is 67.6 Å². The number of ketones is 1. The van der Waals surface area contributed by atoms with Gasteiger partial charge in [-0.3, -0.25) is 9.08 Å². The van der Waals surface area contributed by atoms with Gasteiger partial charge in [0.25, 0.3) is 0 Å². The minimum atomic E-state index is -3.90. The number of ether oxygens (including phenoxy) is 2. The molecule has 0 radical (unpaired) electrons. The van der Waals surface area contributed by atoms with Gasteiger partial charge in [0.05, 0.1) is 6.26 Å². The smallest absolute Gasteiger partial charge is 0.333 e. The Hall–Kier alpha value is -3.98. The van der Waals surface area contributed by atoms with E-state index < -0.39 is 21.9 Å². The van der Waals surface area contributed by atoms with Gasteiger partial charge in [-0.05, 0) is 35.9 Å². The van der Waals surface area contributed by atoms with E-state index in [1.165, 1.54) is 0 Å². The zero-order valence-corrected chi connectivity index (χ0v) is 19.5. The molecule has 0 aliphatic rings. The Morgan fingerprint density at radius 1 is 0.971 bits per heavy atom. The second-order valence-corrected chi connectivity index (χ2v) is 8.92. The lowest BCUT2D eigenvalue weighted by Crippen LogP contribution is -2.17. The van der Waals surface area contributed by atoms with Crippen molar-refractivity contribution in [3.05, 3.63) is 90.0 Å². The zero-order chi connectivity index (χ0) is 24.7. The van der Waals surface area contributed by atoms with Crippen LogP contribution < -0.4 is 4.74 Å². The second-order valence-electron chi connectivity index (χ2n) is 7.37. The predicted octanol–water partition coefficient (Wildman–Crippen LogP) is 3.90. The van der Waals surface area contributed by atoms with Gasteiger partial charge < -0.3 is 9.47 Å². The summed E-state index contributed by atoms with van der Waals surface area (Å²) in [6, 6.07) is 18.8. The number of hydrogen-bond donors (Lipinski definition) is 0. The molecule has 3 rings (SSSR count). The molecule has 34 heavy (non-hydrogen) atoms. The normalized spacial score (nSPS) is 11.6. The van der Waals surface area contributed by atoms with Crippen molar-refractivity contribution in [2.24, 2.45) is 5.16 Å². The summed E-state index contributed by atoms with van der Waals surface area (Å²) in [4.78, 5) is 24.8. The lowest BCUT2D eigenvalue weighted by atomic mass is 9.96. The highest BCUT2D eigenvalue weighted by atomic mass is 32.2. The van der Waals surface area contributed by atoms with E-state index in [1.807, 2.05) is 6.07 Å². The molecule has 8 nitrogen and oxygen atoms in total. The first-order valence-corrected chi connectivity index (χ1v) is 12.0. The van der Waals surface area contributed by atoms with Crippen LogP contribution in [0.4, 0.5) is 0 Å². The molecule has 3 aromatic carbocycles. The maximum Gasteiger partial charge on any atom is 0.333 e. The van der Waals surface area contributed by atoms with E-state index in [9.17, 15) is 18.0 Å². The summed E-state index contributed by atoms with van der Waals surface area (Å²) in [5, 5.41) is 4.99. The molecule has 0 saturated heterocycles. The van der Waals surface area contributed by atoms with E-state index in [-0.39, 0.29) is 18.9 Å². The van der Waals surface area contributed by atoms with E-state index in [4.69, 9.17) is 9.47 Å². The third kappa shape index (κ3) is 6.52. The standard InChI is InChI=1S/C25H23NO7S/c1-17(2)25(28)32-15-14-31-20-12-13-21-19(16-20)10-7-11-22(21)24(27)23(26-33-34(3,29)30)18-8-5-4-6-9-18/h4-13,16H,1,14-15H2,2-3H3/b26-23+. The summed E-state index contributed by atoms with van der Waals surface area (Å²) in [6.45, 7) is 5.30. The predicted molar refractivity (Wildman–Crippen MR) is 128 cm³/mol. The molecular weight excluding hydrogens is 458 g/mol. The van der Waals surface area contributed by atoms with E-state index >= 15 is 0 Å². The first-order valence-electron chi connectivity index (χ1n) is 10.2. The summed E-state index contributed by atoms with van der Waals surface area (Å²) >= 11 is 0. The number of rotatable bonds is 10. The number of oxime groups is 1. The van der Waals surface area contributed by atoms with Crippen LogP contribution in [0.25, 0.3) is 10.8 Å². The molecule has 0 aliphatic carbocycles. The van der Waals surface area contributed by atoms with Crippen LogP contribution in [0.5, 0.6) is 5.75 Å². The third-order valence-corrected chi connectivity index (χ3v) is 4.90. The molecular formula is C25H23NO7S. The van der Waals surface area contributed by atoms with Crippen LogP contribution in [0, 0.1) is 0 Å². The average molecular weight is 482 g/mol. The Kier molecular flexibility index (Phi) is 7.80. The molecule has 3 aromatic rings. The lowest BCUT2D eigenvalue weighted by molar-refractivity contribution is -0.139. The third-order valence-electron chi connectivity index (χ3n) is 4.56. The molecule has 0 spiro atoms. The fraction of sp³-hybridized carbons (Fsp3) is 0.160. The first-order chi connectivity index (χ1) is 16.2. The molecule has 0 fully saturated rings. The van der Waals surface area contributed by atoms with Crippen molar-refractivity contribution in [3.63, 3.8) is 0 Å². The van der Waals surface area contributed by atoms with Crippen molar-refractivity contribution >= 4 is 38.4 Å². The fourth-order valence-electron chi connectivity index (χ4n) is 3.02. The largest absolute Gasteiger partial charge is 0.490 e. The van der Waals surface area contributed by atoms with Crippen molar-refractivity contribution in [1.29, 1.82) is 0 Å². The Morgan fingerprint density at radius 2 is 1.71 bits per heavy atom. The van der Waals surface area contributed by atoms with Crippen LogP contribution in [-0.2, 0) is 23.9 Å². The molecule has 0 unspecified atom stereocenters. The highest BCUT2D eigenvalue weighted by Crippen LogP contribution is 2.25. The van der Waals surface area contributed by atoms with Gasteiger partial charge in [-0.2, -0.15) is 8.42 Å². The van der Waals surface area contributed by atoms with Crippen molar-refractivity contribution < 1.29 is 31.8 Å². The number of nitrogens with zero attached hydrogens (tertiary/aromatic N) is 1. The SMILES string of the molecule is C=C(C)C(=O)OCCOc1ccc2c(C(=O)/C(=N/OS(C)(=O)=O)c3ccccc3)cccc2c1. The topological polar surface area (TPSA) is 108 Å². The monoisotopic (exact) mass is 481 g/mol. The average Bonchev–Trinajstić information content (AvgIpc) is 2.81. The Morgan fingerprint density at radius 3 is 2.38 bits per heavy atom. The summed E-state index contributed by atoms with van der Waals surface area (Å²) in [5.41, 5.74) is 0.901. The van der Waals surface area contributed by atoms with E-state index in [0.717, 1.165) is 11.6 Å². The first kappa shape index (κ1) is 24.7. The fourth-order valence-corrected chi connectivity index (χ4v) is 3.23. The second kappa shape index (κ2) is 10.8. The van der Waals surface area contributed by atoms with Gasteiger partial charge in [0.15, 0.2) is 5.71 Å². The number of fused-ring (bicyclic) bond motifs is 1. The molecule has 0 heterocycles. The van der Waals surface area contributed by atoms with Gasteiger partial charge in [-0.15, -0.1) is 0 Å². The van der Waals surface area contributed by atoms with Gasteiger partial charge in [-0.25, -0.2) is 4.79 Å². The minimum Gasteiger partial charge on any atom is -0.490 e. The van der Waals surface area contributed by atoms with Crippen molar-refractivity contribution in [3.8, 4) is 5.75 Å². The van der Waals surface area contributed by atoms with Crippen molar-refractivity contribution in [1.82, 2.24) is 0 Å². The van der Waals surface area contributed by atoms with Crippen molar-refractivity contribution in [2.75, 3.05) is 19.5 Å². The molecule has 0 amide bonds. The Labute approximate surface area is 197 Å². The maximum atomic E-state index is 13.4. The summed E-state index contributed by atoms with van der Waals surface area (Å²) in [5.74, 6) is -0.456. The minimum absolute atomic E-state index is 0.0689. The van der Waals surface area contributed by atoms with Crippen LogP contribution >= 0.6 is 0 Å².